The maximum absolute atomic E-state index is 12.2. The van der Waals surface area contributed by atoms with E-state index in [9.17, 15) is 8.78 Å². The van der Waals surface area contributed by atoms with Crippen molar-refractivity contribution in [3.8, 4) is 0 Å². The number of thioether (sulfide) groups is 1. The molecule has 2 N–H and O–H groups in total. The van der Waals surface area contributed by atoms with Crippen LogP contribution in [0.25, 0.3) is 0 Å². The number of rotatable bonds is 3. The number of nitrogens with two attached hydrogens (primary N) is 1. The molecule has 0 radical (unpaired) electrons. The Kier molecular flexibility index (Phi) is 2.97. The highest BCUT2D eigenvalue weighted by Crippen LogP contribution is 2.57. The van der Waals surface area contributed by atoms with Gasteiger partial charge in [0.15, 0.2) is 0 Å². The van der Waals surface area contributed by atoms with Gasteiger partial charge in [0.2, 0.25) is 0 Å². The van der Waals surface area contributed by atoms with Gasteiger partial charge in [0.05, 0.1) is 0 Å². The fraction of sp³-hybridized carbons (Fsp3) is 0.500. The third-order valence-electron chi connectivity index (χ3n) is 3.35. The van der Waals surface area contributed by atoms with Crippen molar-refractivity contribution in [1.82, 2.24) is 0 Å². The Morgan fingerprint density at radius 2 is 2.00 bits per heavy atom. The van der Waals surface area contributed by atoms with Crippen molar-refractivity contribution in [1.29, 1.82) is 0 Å². The zero-order valence-corrected chi connectivity index (χ0v) is 10.1. The van der Waals surface area contributed by atoms with Gasteiger partial charge in [-0.25, -0.2) is 0 Å². The quantitative estimate of drug-likeness (QED) is 0.823. The summed E-state index contributed by atoms with van der Waals surface area (Å²) in [6, 6.07) is 7.46. The van der Waals surface area contributed by atoms with Crippen LogP contribution in [0.3, 0.4) is 0 Å². The third kappa shape index (κ3) is 2.09. The van der Waals surface area contributed by atoms with Crippen molar-refractivity contribution >= 4 is 11.8 Å². The first-order chi connectivity index (χ1) is 7.43. The molecule has 1 aliphatic rings. The van der Waals surface area contributed by atoms with Crippen LogP contribution in [0.15, 0.2) is 29.2 Å². The van der Waals surface area contributed by atoms with E-state index in [1.807, 2.05) is 18.2 Å². The molecule has 0 bridgehead atoms. The van der Waals surface area contributed by atoms with Crippen molar-refractivity contribution in [3.05, 3.63) is 29.8 Å². The molecule has 2 unspecified atom stereocenters. The van der Waals surface area contributed by atoms with Gasteiger partial charge in [-0.2, -0.15) is 8.78 Å². The molecule has 0 amide bonds. The van der Waals surface area contributed by atoms with Gasteiger partial charge in [-0.3, -0.25) is 0 Å². The minimum Gasteiger partial charge on any atom is -0.327 e. The van der Waals surface area contributed by atoms with Crippen LogP contribution in [-0.4, -0.2) is 11.8 Å². The van der Waals surface area contributed by atoms with Crippen molar-refractivity contribution in [2.24, 2.45) is 11.1 Å². The summed E-state index contributed by atoms with van der Waals surface area (Å²) in [5, 5.41) is 0. The average Bonchev–Trinajstić information content (AvgIpc) is 2.65. The highest BCUT2D eigenvalue weighted by Gasteiger charge is 2.56. The molecule has 1 aliphatic carbocycles. The predicted octanol–water partition coefficient (Wildman–Crippen LogP) is 3.45. The smallest absolute Gasteiger partial charge is 0.288 e. The molecule has 0 heterocycles. The Hall–Kier alpha value is -0.610. The number of alkyl halides is 2. The summed E-state index contributed by atoms with van der Waals surface area (Å²) < 4.78 is 24.5. The van der Waals surface area contributed by atoms with Crippen molar-refractivity contribution in [2.45, 2.75) is 36.5 Å². The van der Waals surface area contributed by atoms with Gasteiger partial charge in [0.25, 0.3) is 5.76 Å². The fourth-order valence-electron chi connectivity index (χ4n) is 2.20. The molecular formula is C12H15F2NS. The van der Waals surface area contributed by atoms with Crippen LogP contribution in [0, 0.1) is 5.41 Å². The normalized spacial score (nSPS) is 27.1. The van der Waals surface area contributed by atoms with Crippen molar-refractivity contribution < 1.29 is 8.78 Å². The fourth-order valence-corrected chi connectivity index (χ4v) is 2.77. The minimum atomic E-state index is -2.36. The maximum Gasteiger partial charge on any atom is 0.288 e. The second kappa shape index (κ2) is 4.00. The van der Waals surface area contributed by atoms with Gasteiger partial charge in [-0.05, 0) is 23.1 Å². The zero-order chi connectivity index (χ0) is 11.9. The second-order valence-electron chi connectivity index (χ2n) is 4.78. The van der Waals surface area contributed by atoms with E-state index in [0.717, 1.165) is 5.56 Å². The minimum absolute atomic E-state index is 0.0914. The Morgan fingerprint density at radius 1 is 1.38 bits per heavy atom. The summed E-state index contributed by atoms with van der Waals surface area (Å²) in [6.45, 7) is 4.21. The number of hydrogen-bond donors (Lipinski definition) is 1. The summed E-state index contributed by atoms with van der Waals surface area (Å²) in [5.74, 6) is -2.07. The van der Waals surface area contributed by atoms with Gasteiger partial charge in [-0.15, -0.1) is 0 Å². The molecule has 1 fully saturated rings. The topological polar surface area (TPSA) is 26.0 Å². The van der Waals surface area contributed by atoms with E-state index in [1.54, 1.807) is 6.07 Å². The number of halogens is 2. The van der Waals surface area contributed by atoms with Crippen LogP contribution >= 0.6 is 11.8 Å². The van der Waals surface area contributed by atoms with E-state index in [-0.39, 0.29) is 11.5 Å². The molecule has 88 valence electrons. The molecule has 0 spiro atoms. The van der Waals surface area contributed by atoms with Crippen LogP contribution in [0.4, 0.5) is 8.78 Å². The average molecular weight is 243 g/mol. The maximum atomic E-state index is 12.2. The number of hydrogen-bond acceptors (Lipinski definition) is 2. The van der Waals surface area contributed by atoms with E-state index >= 15 is 0 Å². The highest BCUT2D eigenvalue weighted by molar-refractivity contribution is 7.99. The SMILES string of the molecule is CC1(C)C(N)C1c1cccc(SC(F)F)c1. The highest BCUT2D eigenvalue weighted by atomic mass is 32.2. The molecule has 1 aromatic rings. The lowest BCUT2D eigenvalue weighted by molar-refractivity contribution is 0.252. The van der Waals surface area contributed by atoms with Crippen LogP contribution in [0.1, 0.15) is 25.3 Å². The zero-order valence-electron chi connectivity index (χ0n) is 9.28. The molecule has 2 atom stereocenters. The van der Waals surface area contributed by atoms with E-state index in [2.05, 4.69) is 13.8 Å². The molecule has 1 aromatic carbocycles. The van der Waals surface area contributed by atoms with Crippen LogP contribution in [0.5, 0.6) is 0 Å². The van der Waals surface area contributed by atoms with Crippen molar-refractivity contribution in [3.63, 3.8) is 0 Å². The van der Waals surface area contributed by atoms with Crippen LogP contribution < -0.4 is 5.73 Å². The summed E-state index contributed by atoms with van der Waals surface area (Å²) in [6.07, 6.45) is 0. The van der Waals surface area contributed by atoms with Crippen molar-refractivity contribution in [2.75, 3.05) is 0 Å². The van der Waals surface area contributed by atoms with E-state index in [1.165, 1.54) is 0 Å². The lowest BCUT2D eigenvalue weighted by Crippen LogP contribution is -2.06. The molecule has 4 heteroatoms. The summed E-state index contributed by atoms with van der Waals surface area (Å²) in [7, 11) is 0. The second-order valence-corrected chi connectivity index (χ2v) is 5.84. The lowest BCUT2D eigenvalue weighted by atomic mass is 10.0. The molecular weight excluding hydrogens is 228 g/mol. The third-order valence-corrected chi connectivity index (χ3v) is 4.06. The molecule has 2 rings (SSSR count). The molecule has 0 aromatic heterocycles. The van der Waals surface area contributed by atoms with Gasteiger partial charge >= 0.3 is 0 Å². The molecule has 1 nitrogen and oxygen atoms in total. The summed E-state index contributed by atoms with van der Waals surface area (Å²) in [5.41, 5.74) is 7.14. The van der Waals surface area contributed by atoms with Gasteiger partial charge in [0, 0.05) is 16.9 Å². The predicted molar refractivity (Wildman–Crippen MR) is 62.8 cm³/mol. The Balaban J connectivity index is 2.18. The van der Waals surface area contributed by atoms with E-state index in [4.69, 9.17) is 5.73 Å². The standard InChI is InChI=1S/C12H15F2NS/c1-12(2)9(10(12)15)7-4-3-5-8(6-7)16-11(13)14/h3-6,9-11H,15H2,1-2H3. The Morgan fingerprint density at radius 3 is 2.50 bits per heavy atom. The summed E-state index contributed by atoms with van der Waals surface area (Å²) >= 11 is 0.585. The van der Waals surface area contributed by atoms with E-state index < -0.39 is 5.76 Å². The van der Waals surface area contributed by atoms with Gasteiger partial charge in [-0.1, -0.05) is 37.7 Å². The first-order valence-corrected chi connectivity index (χ1v) is 6.11. The summed E-state index contributed by atoms with van der Waals surface area (Å²) in [4.78, 5) is 0.613. The lowest BCUT2D eigenvalue weighted by Gasteiger charge is -2.05. The monoisotopic (exact) mass is 243 g/mol. The largest absolute Gasteiger partial charge is 0.327 e. The first-order valence-electron chi connectivity index (χ1n) is 5.23. The van der Waals surface area contributed by atoms with Gasteiger partial charge < -0.3 is 5.73 Å². The first kappa shape index (κ1) is 11.9. The van der Waals surface area contributed by atoms with Crippen LogP contribution in [-0.2, 0) is 0 Å². The molecule has 0 saturated heterocycles. The van der Waals surface area contributed by atoms with Gasteiger partial charge in [0.1, 0.15) is 0 Å². The van der Waals surface area contributed by atoms with Crippen LogP contribution in [0.2, 0.25) is 0 Å². The van der Waals surface area contributed by atoms with E-state index in [0.29, 0.717) is 22.6 Å². The molecule has 0 aliphatic heterocycles. The molecule has 1 saturated carbocycles. The molecule has 16 heavy (non-hydrogen) atoms. The number of benzene rings is 1. The Labute approximate surface area is 98.4 Å². The Bertz CT molecular complexity index is 392.